The van der Waals surface area contributed by atoms with E-state index in [-0.39, 0.29) is 37.7 Å². The highest BCUT2D eigenvalue weighted by molar-refractivity contribution is 5.95. The number of carbonyl (C=O) groups is 2. The second kappa shape index (κ2) is 10.8. The van der Waals surface area contributed by atoms with Crippen molar-refractivity contribution in [3.8, 4) is 6.07 Å². The van der Waals surface area contributed by atoms with Crippen LogP contribution in [0.25, 0.3) is 0 Å². The molecular weight excluding hydrogens is 396 g/mol. The molecule has 0 spiro atoms. The van der Waals surface area contributed by atoms with Crippen LogP contribution >= 0.6 is 0 Å². The number of nitrogens with zero attached hydrogens (tertiary/aromatic N) is 4. The van der Waals surface area contributed by atoms with Crippen molar-refractivity contribution < 1.29 is 18.4 Å². The van der Waals surface area contributed by atoms with Crippen molar-refractivity contribution >= 4 is 11.8 Å². The third kappa shape index (κ3) is 6.06. The molecule has 0 aromatic carbocycles. The number of hydrogen-bond donors (Lipinski definition) is 0. The number of pyridine rings is 1. The maximum atomic E-state index is 13.0. The van der Waals surface area contributed by atoms with E-state index in [0.717, 1.165) is 5.56 Å². The van der Waals surface area contributed by atoms with Crippen LogP contribution in [0.3, 0.4) is 0 Å². The second-order valence-electron chi connectivity index (χ2n) is 7.03. The average molecular weight is 420 g/mol. The quantitative estimate of drug-likeness (QED) is 0.497. The van der Waals surface area contributed by atoms with Gasteiger partial charge in [-0.3, -0.25) is 14.6 Å². The number of hydrogen-bond acceptors (Lipinski definition) is 6. The molecule has 0 unspecified atom stereocenters. The first kappa shape index (κ1) is 21.8. The summed E-state index contributed by atoms with van der Waals surface area (Å²) in [5.74, 6) is 0.776. The Bertz CT molecular complexity index is 1020. The first-order chi connectivity index (χ1) is 15.1. The van der Waals surface area contributed by atoms with Gasteiger partial charge in [0, 0.05) is 38.4 Å². The predicted octanol–water partition coefficient (Wildman–Crippen LogP) is 3.55. The minimum atomic E-state index is -0.230. The molecule has 3 heterocycles. The van der Waals surface area contributed by atoms with Crippen LogP contribution < -0.4 is 0 Å². The molecule has 0 aliphatic rings. The van der Waals surface area contributed by atoms with Crippen molar-refractivity contribution in [1.29, 1.82) is 5.26 Å². The van der Waals surface area contributed by atoms with Crippen LogP contribution in [-0.4, -0.2) is 39.7 Å². The Hall–Kier alpha value is -3.86. The Kier molecular flexibility index (Phi) is 7.60. The number of furan rings is 2. The maximum Gasteiger partial charge on any atom is 0.257 e. The Morgan fingerprint density at radius 3 is 2.58 bits per heavy atom. The van der Waals surface area contributed by atoms with Crippen LogP contribution in [0.15, 0.2) is 64.1 Å². The number of aryl methyl sites for hydroxylation is 1. The van der Waals surface area contributed by atoms with Crippen LogP contribution in [0.2, 0.25) is 0 Å². The van der Waals surface area contributed by atoms with Crippen molar-refractivity contribution in [1.82, 2.24) is 14.8 Å². The summed E-state index contributed by atoms with van der Waals surface area (Å²) in [6, 6.07) is 10.9. The lowest BCUT2D eigenvalue weighted by Gasteiger charge is -2.25. The molecule has 0 saturated carbocycles. The molecule has 0 aliphatic carbocycles. The van der Waals surface area contributed by atoms with E-state index in [1.165, 1.54) is 6.26 Å². The van der Waals surface area contributed by atoms with Gasteiger partial charge in [0.25, 0.3) is 5.91 Å². The van der Waals surface area contributed by atoms with Gasteiger partial charge in [-0.25, -0.2) is 0 Å². The first-order valence-electron chi connectivity index (χ1n) is 9.98. The van der Waals surface area contributed by atoms with Gasteiger partial charge in [0.15, 0.2) is 0 Å². The molecule has 0 atom stereocenters. The van der Waals surface area contributed by atoms with Crippen molar-refractivity contribution in [3.05, 3.63) is 77.9 Å². The number of rotatable bonds is 10. The summed E-state index contributed by atoms with van der Waals surface area (Å²) in [5.41, 5.74) is 1.34. The summed E-state index contributed by atoms with van der Waals surface area (Å²) >= 11 is 0. The highest BCUT2D eigenvalue weighted by Crippen LogP contribution is 2.16. The molecule has 0 aliphatic heterocycles. The lowest BCUT2D eigenvalue weighted by Crippen LogP contribution is -2.37. The van der Waals surface area contributed by atoms with Gasteiger partial charge >= 0.3 is 0 Å². The smallest absolute Gasteiger partial charge is 0.257 e. The highest BCUT2D eigenvalue weighted by Gasteiger charge is 2.23. The van der Waals surface area contributed by atoms with Crippen molar-refractivity contribution in [2.75, 3.05) is 13.1 Å². The van der Waals surface area contributed by atoms with Gasteiger partial charge < -0.3 is 18.6 Å². The number of carbonyl (C=O) groups excluding carboxylic acids is 2. The topological polar surface area (TPSA) is 104 Å². The molecule has 160 valence electrons. The molecule has 0 N–H and O–H groups in total. The summed E-state index contributed by atoms with van der Waals surface area (Å²) in [6.07, 6.45) is 6.73. The SMILES string of the molecule is Cc1occc1C(=O)N(CCC(=O)N(CCC#N)Cc1cccnc1)Cc1ccco1. The fraction of sp³-hybridized carbons (Fsp3) is 0.304. The molecule has 0 saturated heterocycles. The normalized spacial score (nSPS) is 10.5. The molecule has 0 bridgehead atoms. The van der Waals surface area contributed by atoms with E-state index in [1.807, 2.05) is 6.07 Å². The fourth-order valence-electron chi connectivity index (χ4n) is 3.20. The highest BCUT2D eigenvalue weighted by atomic mass is 16.3. The van der Waals surface area contributed by atoms with Gasteiger partial charge in [0.05, 0.1) is 37.1 Å². The molecule has 8 nitrogen and oxygen atoms in total. The van der Waals surface area contributed by atoms with Gasteiger partial charge in [-0.1, -0.05) is 6.07 Å². The van der Waals surface area contributed by atoms with E-state index >= 15 is 0 Å². The number of aromatic nitrogens is 1. The minimum absolute atomic E-state index is 0.120. The van der Waals surface area contributed by atoms with Gasteiger partial charge in [-0.15, -0.1) is 0 Å². The lowest BCUT2D eigenvalue weighted by molar-refractivity contribution is -0.132. The fourth-order valence-corrected chi connectivity index (χ4v) is 3.20. The molecule has 0 radical (unpaired) electrons. The predicted molar refractivity (Wildman–Crippen MR) is 111 cm³/mol. The standard InChI is InChI=1S/C23H24N4O4/c1-18-21(8-14-30-18)23(29)27(17-20-6-3-13-31-20)12-7-22(28)26(11-4-9-24)16-19-5-2-10-25-15-19/h2-3,5-6,8,10,13-15H,4,7,11-12,16-17H2,1H3. The van der Waals surface area contributed by atoms with Crippen molar-refractivity contribution in [3.63, 3.8) is 0 Å². The van der Waals surface area contributed by atoms with Gasteiger partial charge in [-0.2, -0.15) is 5.26 Å². The van der Waals surface area contributed by atoms with Gasteiger partial charge in [-0.05, 0) is 36.8 Å². The molecule has 3 aromatic rings. The number of nitriles is 1. The first-order valence-corrected chi connectivity index (χ1v) is 9.98. The van der Waals surface area contributed by atoms with Crippen molar-refractivity contribution in [2.45, 2.75) is 32.9 Å². The molecule has 3 aromatic heterocycles. The van der Waals surface area contributed by atoms with E-state index < -0.39 is 0 Å². The van der Waals surface area contributed by atoms with Gasteiger partial charge in [0.1, 0.15) is 11.5 Å². The zero-order chi connectivity index (χ0) is 22.1. The third-order valence-corrected chi connectivity index (χ3v) is 4.84. The lowest BCUT2D eigenvalue weighted by atomic mass is 10.2. The second-order valence-corrected chi connectivity index (χ2v) is 7.03. The van der Waals surface area contributed by atoms with E-state index in [2.05, 4.69) is 11.1 Å². The Balaban J connectivity index is 1.70. The van der Waals surface area contributed by atoms with Crippen molar-refractivity contribution in [2.24, 2.45) is 0 Å². The Labute approximate surface area is 180 Å². The zero-order valence-electron chi connectivity index (χ0n) is 17.4. The van der Waals surface area contributed by atoms with E-state index in [4.69, 9.17) is 14.1 Å². The summed E-state index contributed by atoms with van der Waals surface area (Å²) in [4.78, 5) is 33.3. The summed E-state index contributed by atoms with van der Waals surface area (Å²) < 4.78 is 10.7. The van der Waals surface area contributed by atoms with Gasteiger partial charge in [0.2, 0.25) is 5.91 Å². The summed E-state index contributed by atoms with van der Waals surface area (Å²) in [6.45, 7) is 2.85. The number of amides is 2. The van der Waals surface area contributed by atoms with Crippen LogP contribution in [0, 0.1) is 18.3 Å². The molecular formula is C23H24N4O4. The molecule has 31 heavy (non-hydrogen) atoms. The van der Waals surface area contributed by atoms with Crippen LogP contribution in [0.5, 0.6) is 0 Å². The molecule has 3 rings (SSSR count). The van der Waals surface area contributed by atoms with E-state index in [0.29, 0.717) is 30.2 Å². The molecule has 0 fully saturated rings. The minimum Gasteiger partial charge on any atom is -0.469 e. The van der Waals surface area contributed by atoms with Crippen LogP contribution in [-0.2, 0) is 17.9 Å². The van der Waals surface area contributed by atoms with E-state index in [9.17, 15) is 9.59 Å². The summed E-state index contributed by atoms with van der Waals surface area (Å²) in [7, 11) is 0. The third-order valence-electron chi connectivity index (χ3n) is 4.84. The summed E-state index contributed by atoms with van der Waals surface area (Å²) in [5, 5.41) is 8.96. The average Bonchev–Trinajstić information content (AvgIpc) is 3.45. The van der Waals surface area contributed by atoms with E-state index in [1.54, 1.807) is 59.6 Å². The Morgan fingerprint density at radius 1 is 1.06 bits per heavy atom. The monoisotopic (exact) mass is 420 g/mol. The Morgan fingerprint density at radius 2 is 1.94 bits per heavy atom. The maximum absolute atomic E-state index is 13.0. The zero-order valence-corrected chi connectivity index (χ0v) is 17.4. The van der Waals surface area contributed by atoms with Crippen LogP contribution in [0.4, 0.5) is 0 Å². The molecule has 8 heteroatoms. The molecule has 2 amide bonds. The largest absolute Gasteiger partial charge is 0.469 e. The van der Waals surface area contributed by atoms with Crippen LogP contribution in [0.1, 0.15) is 40.3 Å².